The third-order valence-corrected chi connectivity index (χ3v) is 3.61. The minimum absolute atomic E-state index is 0.127. The first-order valence-electron chi connectivity index (χ1n) is 6.55. The number of carbonyl (C=O) groups excluding carboxylic acids is 1. The zero-order valence-corrected chi connectivity index (χ0v) is 11.3. The number of likely N-dealkylation sites (tertiary alicyclic amines) is 1. The van der Waals surface area contributed by atoms with Gasteiger partial charge in [-0.25, -0.2) is 4.79 Å². The zero-order valence-electron chi connectivity index (χ0n) is 11.3. The van der Waals surface area contributed by atoms with Crippen LogP contribution in [-0.4, -0.2) is 40.2 Å². The average molecular weight is 278 g/mol. The Morgan fingerprint density at radius 1 is 1.30 bits per heavy atom. The summed E-state index contributed by atoms with van der Waals surface area (Å²) in [6.45, 7) is 2.54. The Balaban J connectivity index is 1.92. The van der Waals surface area contributed by atoms with E-state index in [2.05, 4.69) is 5.32 Å². The summed E-state index contributed by atoms with van der Waals surface area (Å²) < 4.78 is 0. The van der Waals surface area contributed by atoms with Crippen molar-refractivity contribution >= 4 is 17.7 Å². The van der Waals surface area contributed by atoms with Gasteiger partial charge in [-0.2, -0.15) is 0 Å². The molecule has 0 aliphatic carbocycles. The molecule has 2 rings (SSSR count). The van der Waals surface area contributed by atoms with Crippen LogP contribution in [0.25, 0.3) is 0 Å². The maximum Gasteiger partial charge on any atom is 0.407 e. The number of nitrogens with zero attached hydrogens (tertiary/aromatic N) is 1. The molecule has 0 saturated carbocycles. The first kappa shape index (κ1) is 14.2. The highest BCUT2D eigenvalue weighted by Gasteiger charge is 2.27. The summed E-state index contributed by atoms with van der Waals surface area (Å²) >= 11 is 0. The summed E-state index contributed by atoms with van der Waals surface area (Å²) in [6.07, 6.45) is 0.110. The monoisotopic (exact) mass is 278 g/mol. The van der Waals surface area contributed by atoms with Crippen LogP contribution in [0.1, 0.15) is 18.4 Å². The average Bonchev–Trinajstić information content (AvgIpc) is 2.43. The number of hydrogen-bond acceptors (Lipinski definition) is 3. The van der Waals surface area contributed by atoms with E-state index in [1.807, 2.05) is 0 Å². The van der Waals surface area contributed by atoms with Gasteiger partial charge < -0.3 is 20.4 Å². The molecular weight excluding hydrogens is 260 g/mol. The van der Waals surface area contributed by atoms with Crippen LogP contribution in [0.15, 0.2) is 18.2 Å². The van der Waals surface area contributed by atoms with Gasteiger partial charge >= 0.3 is 6.09 Å². The largest absolute Gasteiger partial charge is 0.508 e. The van der Waals surface area contributed by atoms with E-state index in [1.54, 1.807) is 19.1 Å². The maximum atomic E-state index is 12.1. The summed E-state index contributed by atoms with van der Waals surface area (Å²) in [4.78, 5) is 24.2. The van der Waals surface area contributed by atoms with Crippen molar-refractivity contribution in [2.75, 3.05) is 18.4 Å². The molecule has 20 heavy (non-hydrogen) atoms. The van der Waals surface area contributed by atoms with Crippen LogP contribution in [0.2, 0.25) is 0 Å². The highest BCUT2D eigenvalue weighted by molar-refractivity contribution is 5.93. The minimum Gasteiger partial charge on any atom is -0.508 e. The van der Waals surface area contributed by atoms with E-state index >= 15 is 0 Å². The number of carboxylic acid groups (broad SMARTS) is 1. The van der Waals surface area contributed by atoms with Crippen molar-refractivity contribution in [3.8, 4) is 5.75 Å². The van der Waals surface area contributed by atoms with Crippen molar-refractivity contribution < 1.29 is 19.8 Å². The number of phenols is 1. The van der Waals surface area contributed by atoms with E-state index in [1.165, 1.54) is 11.0 Å². The lowest BCUT2D eigenvalue weighted by atomic mass is 9.96. The number of rotatable bonds is 2. The van der Waals surface area contributed by atoms with E-state index in [4.69, 9.17) is 5.11 Å². The van der Waals surface area contributed by atoms with E-state index in [0.717, 1.165) is 5.56 Å². The first-order valence-corrected chi connectivity index (χ1v) is 6.55. The number of anilines is 1. The van der Waals surface area contributed by atoms with Crippen LogP contribution in [0.3, 0.4) is 0 Å². The second kappa shape index (κ2) is 5.81. The van der Waals surface area contributed by atoms with Crippen molar-refractivity contribution in [3.05, 3.63) is 23.8 Å². The summed E-state index contributed by atoms with van der Waals surface area (Å²) in [6, 6.07) is 4.98. The lowest BCUT2D eigenvalue weighted by molar-refractivity contribution is -0.121. The Hall–Kier alpha value is -2.24. The van der Waals surface area contributed by atoms with Crippen molar-refractivity contribution in [2.24, 2.45) is 5.92 Å². The molecule has 6 nitrogen and oxygen atoms in total. The van der Waals surface area contributed by atoms with Gasteiger partial charge in [-0.15, -0.1) is 0 Å². The standard InChI is InChI=1S/C14H18N2O4/c1-9-2-3-11(8-12(9)17)15-13(18)10-4-6-16(7-5-10)14(19)20/h2-3,8,10,17H,4-7H2,1H3,(H,15,18)(H,19,20). The Labute approximate surface area is 117 Å². The zero-order chi connectivity index (χ0) is 14.7. The maximum absolute atomic E-state index is 12.1. The first-order chi connectivity index (χ1) is 9.47. The van der Waals surface area contributed by atoms with Crippen molar-refractivity contribution in [1.29, 1.82) is 0 Å². The highest BCUT2D eigenvalue weighted by Crippen LogP contribution is 2.23. The Morgan fingerprint density at radius 3 is 2.50 bits per heavy atom. The number of carbonyl (C=O) groups is 2. The second-order valence-electron chi connectivity index (χ2n) is 5.03. The van der Waals surface area contributed by atoms with Gasteiger partial charge in [0.05, 0.1) is 0 Å². The summed E-state index contributed by atoms with van der Waals surface area (Å²) in [5.41, 5.74) is 1.30. The van der Waals surface area contributed by atoms with E-state index < -0.39 is 6.09 Å². The van der Waals surface area contributed by atoms with E-state index in [-0.39, 0.29) is 17.6 Å². The SMILES string of the molecule is Cc1ccc(NC(=O)C2CCN(C(=O)O)CC2)cc1O. The molecule has 1 aliphatic heterocycles. The number of hydrogen-bond donors (Lipinski definition) is 3. The molecule has 1 saturated heterocycles. The number of phenolic OH excluding ortho intramolecular Hbond substituents is 1. The lowest BCUT2D eigenvalue weighted by Crippen LogP contribution is -2.40. The van der Waals surface area contributed by atoms with Gasteiger partial charge in [0.2, 0.25) is 5.91 Å². The van der Waals surface area contributed by atoms with Crippen molar-refractivity contribution in [2.45, 2.75) is 19.8 Å². The third-order valence-electron chi connectivity index (χ3n) is 3.61. The molecule has 0 atom stereocenters. The molecule has 1 fully saturated rings. The quantitative estimate of drug-likeness (QED) is 0.772. The fourth-order valence-electron chi connectivity index (χ4n) is 2.26. The number of benzene rings is 1. The van der Waals surface area contributed by atoms with Crippen LogP contribution in [0, 0.1) is 12.8 Å². The topological polar surface area (TPSA) is 89.9 Å². The van der Waals surface area contributed by atoms with Gasteiger partial charge in [0.15, 0.2) is 0 Å². The van der Waals surface area contributed by atoms with Gasteiger partial charge in [-0.05, 0) is 31.4 Å². The Morgan fingerprint density at radius 2 is 1.95 bits per heavy atom. The lowest BCUT2D eigenvalue weighted by Gasteiger charge is -2.29. The normalized spacial score (nSPS) is 15.9. The number of amides is 2. The molecule has 108 valence electrons. The summed E-state index contributed by atoms with van der Waals surface area (Å²) in [5, 5.41) is 21.2. The molecule has 1 aromatic rings. The predicted octanol–water partition coefficient (Wildman–Crippen LogP) is 2.03. The van der Waals surface area contributed by atoms with Gasteiger partial charge in [-0.1, -0.05) is 6.07 Å². The molecule has 6 heteroatoms. The minimum atomic E-state index is -0.938. The molecule has 1 aliphatic rings. The fourth-order valence-corrected chi connectivity index (χ4v) is 2.26. The molecule has 0 radical (unpaired) electrons. The van der Waals surface area contributed by atoms with Crippen LogP contribution >= 0.6 is 0 Å². The number of piperidine rings is 1. The number of nitrogens with one attached hydrogen (secondary N) is 1. The Bertz CT molecular complexity index is 522. The fraction of sp³-hybridized carbons (Fsp3) is 0.429. The molecular formula is C14H18N2O4. The molecule has 3 N–H and O–H groups in total. The van der Waals surface area contributed by atoms with Gasteiger partial charge in [-0.3, -0.25) is 4.79 Å². The molecule has 0 unspecified atom stereocenters. The predicted molar refractivity (Wildman–Crippen MR) is 73.8 cm³/mol. The summed E-state index contributed by atoms with van der Waals surface area (Å²) in [5.74, 6) is -0.171. The van der Waals surface area contributed by atoms with Crippen LogP contribution < -0.4 is 5.32 Å². The molecule has 0 spiro atoms. The third kappa shape index (κ3) is 3.20. The van der Waals surface area contributed by atoms with Crippen LogP contribution in [-0.2, 0) is 4.79 Å². The number of aromatic hydroxyl groups is 1. The molecule has 0 aromatic heterocycles. The van der Waals surface area contributed by atoms with Gasteiger partial charge in [0.1, 0.15) is 5.75 Å². The number of aryl methyl sites for hydroxylation is 1. The highest BCUT2D eigenvalue weighted by atomic mass is 16.4. The molecule has 1 heterocycles. The van der Waals surface area contributed by atoms with E-state index in [0.29, 0.717) is 31.6 Å². The Kier molecular flexibility index (Phi) is 4.12. The smallest absolute Gasteiger partial charge is 0.407 e. The second-order valence-corrected chi connectivity index (χ2v) is 5.03. The van der Waals surface area contributed by atoms with Crippen LogP contribution in [0.5, 0.6) is 5.75 Å². The van der Waals surface area contributed by atoms with Gasteiger partial charge in [0.25, 0.3) is 0 Å². The van der Waals surface area contributed by atoms with Crippen molar-refractivity contribution in [1.82, 2.24) is 4.90 Å². The molecule has 2 amide bonds. The van der Waals surface area contributed by atoms with Gasteiger partial charge in [0, 0.05) is 30.8 Å². The van der Waals surface area contributed by atoms with Crippen LogP contribution in [0.4, 0.5) is 10.5 Å². The summed E-state index contributed by atoms with van der Waals surface area (Å²) in [7, 11) is 0. The van der Waals surface area contributed by atoms with E-state index in [9.17, 15) is 14.7 Å². The van der Waals surface area contributed by atoms with Crippen molar-refractivity contribution in [3.63, 3.8) is 0 Å². The molecule has 1 aromatic carbocycles. The molecule has 0 bridgehead atoms.